The van der Waals surface area contributed by atoms with Crippen LogP contribution in [0.4, 0.5) is 5.82 Å². The summed E-state index contributed by atoms with van der Waals surface area (Å²) in [6.45, 7) is 2.19. The van der Waals surface area contributed by atoms with Crippen molar-refractivity contribution in [3.05, 3.63) is 58.7 Å². The molecule has 0 saturated carbocycles. The van der Waals surface area contributed by atoms with Crippen LogP contribution in [0.25, 0.3) is 0 Å². The van der Waals surface area contributed by atoms with Crippen LogP contribution in [0, 0.1) is 17.2 Å². The minimum atomic E-state index is 0.0441. The number of hydrogen-bond acceptors (Lipinski definition) is 4. The van der Waals surface area contributed by atoms with Crippen LogP contribution in [0.3, 0.4) is 0 Å². The lowest BCUT2D eigenvalue weighted by Gasteiger charge is -2.34. The maximum Gasteiger partial charge on any atom is 0.220 e. The van der Waals surface area contributed by atoms with Gasteiger partial charge in [-0.15, -0.1) is 0 Å². The van der Waals surface area contributed by atoms with Crippen molar-refractivity contribution in [3.63, 3.8) is 0 Å². The predicted octanol–water partition coefficient (Wildman–Crippen LogP) is 3.92. The predicted molar refractivity (Wildman–Crippen MR) is 106 cm³/mol. The second-order valence-electron chi connectivity index (χ2n) is 6.85. The van der Waals surface area contributed by atoms with Gasteiger partial charge in [-0.05, 0) is 48.9 Å². The summed E-state index contributed by atoms with van der Waals surface area (Å²) in [6, 6.07) is 13.3. The van der Waals surface area contributed by atoms with Gasteiger partial charge in [0.05, 0.1) is 5.56 Å². The number of aromatic nitrogens is 1. The summed E-state index contributed by atoms with van der Waals surface area (Å²) in [5, 5.41) is 12.9. The highest BCUT2D eigenvalue weighted by Gasteiger charge is 2.23. The Labute approximate surface area is 165 Å². The van der Waals surface area contributed by atoms with Crippen molar-refractivity contribution < 1.29 is 4.79 Å². The summed E-state index contributed by atoms with van der Waals surface area (Å²) >= 11 is 6.12. The molecule has 0 radical (unpaired) electrons. The summed E-state index contributed by atoms with van der Waals surface area (Å²) in [5.41, 5.74) is 1.53. The third kappa shape index (κ3) is 5.21. The number of halogens is 1. The molecule has 0 aliphatic carbocycles. The Bertz CT molecular complexity index is 833. The second kappa shape index (κ2) is 9.38. The van der Waals surface area contributed by atoms with Crippen LogP contribution >= 0.6 is 11.6 Å². The monoisotopic (exact) mass is 382 g/mol. The van der Waals surface area contributed by atoms with Crippen molar-refractivity contribution in [2.45, 2.75) is 32.2 Å². The zero-order valence-electron chi connectivity index (χ0n) is 15.2. The average Bonchev–Trinajstić information content (AvgIpc) is 2.72. The SMILES string of the molecule is N#Cc1cccnc1N1CCC[C@H](CCC(=O)NCc2ccccc2Cl)C1. The minimum Gasteiger partial charge on any atom is -0.355 e. The number of nitrogens with zero attached hydrogens (tertiary/aromatic N) is 3. The summed E-state index contributed by atoms with van der Waals surface area (Å²) in [7, 11) is 0. The first-order valence-electron chi connectivity index (χ1n) is 9.27. The Morgan fingerprint density at radius 3 is 3.00 bits per heavy atom. The second-order valence-corrected chi connectivity index (χ2v) is 7.25. The number of anilines is 1. The van der Waals surface area contributed by atoms with E-state index in [2.05, 4.69) is 21.3 Å². The summed E-state index contributed by atoms with van der Waals surface area (Å²) in [6.07, 6.45) is 5.20. The van der Waals surface area contributed by atoms with Crippen molar-refractivity contribution in [2.24, 2.45) is 5.92 Å². The molecule has 1 aromatic carbocycles. The molecule has 5 nitrogen and oxygen atoms in total. The minimum absolute atomic E-state index is 0.0441. The number of nitriles is 1. The van der Waals surface area contributed by atoms with E-state index < -0.39 is 0 Å². The van der Waals surface area contributed by atoms with E-state index in [1.165, 1.54) is 0 Å². The van der Waals surface area contributed by atoms with Crippen molar-refractivity contribution in [1.82, 2.24) is 10.3 Å². The lowest BCUT2D eigenvalue weighted by molar-refractivity contribution is -0.121. The smallest absolute Gasteiger partial charge is 0.220 e. The van der Waals surface area contributed by atoms with E-state index in [1.807, 2.05) is 24.3 Å². The Morgan fingerprint density at radius 2 is 2.19 bits per heavy atom. The molecule has 1 aliphatic rings. The number of hydrogen-bond donors (Lipinski definition) is 1. The fourth-order valence-electron chi connectivity index (χ4n) is 3.49. The van der Waals surface area contributed by atoms with E-state index in [0.717, 1.165) is 43.7 Å². The van der Waals surface area contributed by atoms with Crippen molar-refractivity contribution in [3.8, 4) is 6.07 Å². The standard InChI is InChI=1S/C21H23ClN4O/c22-19-8-2-1-6-18(19)14-25-20(27)10-9-16-5-4-12-26(15-16)21-17(13-23)7-3-11-24-21/h1-3,6-8,11,16H,4-5,9-10,12,14-15H2,(H,25,27)/t16-/m1/s1. The van der Waals surface area contributed by atoms with Crippen molar-refractivity contribution in [1.29, 1.82) is 5.26 Å². The van der Waals surface area contributed by atoms with E-state index in [1.54, 1.807) is 18.3 Å². The number of benzene rings is 1. The van der Waals surface area contributed by atoms with Crippen LogP contribution in [-0.2, 0) is 11.3 Å². The molecule has 0 unspecified atom stereocenters. The summed E-state index contributed by atoms with van der Waals surface area (Å²) in [4.78, 5) is 18.8. The van der Waals surface area contributed by atoms with Crippen LogP contribution in [-0.4, -0.2) is 24.0 Å². The average molecular weight is 383 g/mol. The number of carbonyl (C=O) groups excluding carboxylic acids is 1. The third-order valence-electron chi connectivity index (χ3n) is 4.94. The number of amides is 1. The van der Waals surface area contributed by atoms with Gasteiger partial charge in [-0.3, -0.25) is 4.79 Å². The fourth-order valence-corrected chi connectivity index (χ4v) is 3.69. The zero-order valence-corrected chi connectivity index (χ0v) is 16.0. The molecule has 1 atom stereocenters. The first-order valence-corrected chi connectivity index (χ1v) is 9.65. The number of nitrogens with one attached hydrogen (secondary N) is 1. The molecule has 2 heterocycles. The molecule has 0 bridgehead atoms. The highest BCUT2D eigenvalue weighted by molar-refractivity contribution is 6.31. The van der Waals surface area contributed by atoms with Gasteiger partial charge in [-0.1, -0.05) is 29.8 Å². The molecule has 1 saturated heterocycles. The largest absolute Gasteiger partial charge is 0.355 e. The van der Waals surface area contributed by atoms with Gasteiger partial charge in [0.2, 0.25) is 5.91 Å². The van der Waals surface area contributed by atoms with Gasteiger partial charge in [-0.25, -0.2) is 4.98 Å². The number of carbonyl (C=O) groups is 1. The molecule has 3 rings (SSSR count). The fraction of sp³-hybridized carbons (Fsp3) is 0.381. The van der Waals surface area contributed by atoms with Crippen LogP contribution < -0.4 is 10.2 Å². The molecular formula is C21H23ClN4O. The van der Waals surface area contributed by atoms with Gasteiger partial charge in [0.15, 0.2) is 0 Å². The quantitative estimate of drug-likeness (QED) is 0.822. The summed E-state index contributed by atoms with van der Waals surface area (Å²) < 4.78 is 0. The molecule has 0 spiro atoms. The Balaban J connectivity index is 1.49. The van der Waals surface area contributed by atoms with Crippen molar-refractivity contribution in [2.75, 3.05) is 18.0 Å². The molecule has 1 amide bonds. The highest BCUT2D eigenvalue weighted by atomic mass is 35.5. The molecule has 1 aromatic heterocycles. The lowest BCUT2D eigenvalue weighted by Crippen LogP contribution is -2.37. The van der Waals surface area contributed by atoms with Gasteiger partial charge in [0, 0.05) is 37.3 Å². The van der Waals surface area contributed by atoms with E-state index in [4.69, 9.17) is 11.6 Å². The molecule has 2 aromatic rings. The Kier molecular flexibility index (Phi) is 6.67. The molecule has 1 N–H and O–H groups in total. The number of pyridine rings is 1. The van der Waals surface area contributed by atoms with Crippen LogP contribution in [0.2, 0.25) is 5.02 Å². The molecule has 1 fully saturated rings. The van der Waals surface area contributed by atoms with Crippen LogP contribution in [0.15, 0.2) is 42.6 Å². The first kappa shape index (κ1) is 19.2. The topological polar surface area (TPSA) is 69.0 Å². The first-order chi connectivity index (χ1) is 13.2. The lowest BCUT2D eigenvalue weighted by atomic mass is 9.93. The molecule has 27 heavy (non-hydrogen) atoms. The normalized spacial score (nSPS) is 16.6. The Morgan fingerprint density at radius 1 is 1.33 bits per heavy atom. The van der Waals surface area contributed by atoms with Gasteiger partial charge in [0.1, 0.15) is 11.9 Å². The van der Waals surface area contributed by atoms with Gasteiger partial charge in [-0.2, -0.15) is 5.26 Å². The maximum absolute atomic E-state index is 12.2. The molecular weight excluding hydrogens is 360 g/mol. The van der Waals surface area contributed by atoms with Crippen molar-refractivity contribution >= 4 is 23.3 Å². The highest BCUT2D eigenvalue weighted by Crippen LogP contribution is 2.26. The third-order valence-corrected chi connectivity index (χ3v) is 5.31. The molecule has 6 heteroatoms. The number of piperidine rings is 1. The molecule has 140 valence electrons. The van der Waals surface area contributed by atoms with E-state index >= 15 is 0 Å². The van der Waals surface area contributed by atoms with E-state index in [0.29, 0.717) is 29.5 Å². The van der Waals surface area contributed by atoms with E-state index in [9.17, 15) is 10.1 Å². The van der Waals surface area contributed by atoms with E-state index in [-0.39, 0.29) is 5.91 Å². The van der Waals surface area contributed by atoms with Gasteiger partial charge < -0.3 is 10.2 Å². The van der Waals surface area contributed by atoms with Crippen LogP contribution in [0.5, 0.6) is 0 Å². The van der Waals surface area contributed by atoms with Gasteiger partial charge >= 0.3 is 0 Å². The summed E-state index contributed by atoms with van der Waals surface area (Å²) in [5.74, 6) is 1.23. The van der Waals surface area contributed by atoms with Gasteiger partial charge in [0.25, 0.3) is 0 Å². The zero-order chi connectivity index (χ0) is 19.1. The van der Waals surface area contributed by atoms with Crippen LogP contribution in [0.1, 0.15) is 36.8 Å². The Hall–Kier alpha value is -2.58. The maximum atomic E-state index is 12.2. The molecule has 1 aliphatic heterocycles. The number of rotatable bonds is 6.